The first-order valence-electron chi connectivity index (χ1n) is 12.7. The standard InChI is InChI=1S/C27H37Cl2N5O4/c1-7-11-34-21(16-32-12-13-33(17(3)15-32)26(37)31-27(4,5)6)22(24(35)38-8-2)23(30-25(34)36)18-9-10-19(28)20(29)14-18/h7,9-10,14,17,23H,1,8,11-13,15-16H2,2-6H3,(H,30,36)(H,31,37)/t17-,23+/m1/s1. The minimum absolute atomic E-state index is 0.0751. The van der Waals surface area contributed by atoms with E-state index in [9.17, 15) is 14.4 Å². The van der Waals surface area contributed by atoms with E-state index in [1.807, 2.05) is 32.6 Å². The van der Waals surface area contributed by atoms with Crippen LogP contribution in [-0.2, 0) is 9.53 Å². The van der Waals surface area contributed by atoms with E-state index in [1.165, 1.54) is 4.90 Å². The second kappa shape index (κ2) is 12.4. The number of halogens is 2. The van der Waals surface area contributed by atoms with Crippen LogP contribution in [0.2, 0.25) is 10.0 Å². The van der Waals surface area contributed by atoms with Crippen LogP contribution in [0.5, 0.6) is 0 Å². The van der Waals surface area contributed by atoms with Crippen molar-refractivity contribution in [3.05, 3.63) is 57.7 Å². The number of esters is 1. The molecule has 9 nitrogen and oxygen atoms in total. The van der Waals surface area contributed by atoms with Crippen LogP contribution in [0, 0.1) is 0 Å². The molecule has 0 spiro atoms. The lowest BCUT2D eigenvalue weighted by Gasteiger charge is -2.43. The molecule has 0 bridgehead atoms. The molecule has 0 saturated carbocycles. The first kappa shape index (κ1) is 29.8. The highest BCUT2D eigenvalue weighted by Gasteiger charge is 2.39. The molecular weight excluding hydrogens is 529 g/mol. The van der Waals surface area contributed by atoms with Crippen LogP contribution in [0.4, 0.5) is 9.59 Å². The molecule has 208 valence electrons. The molecule has 1 fully saturated rings. The summed E-state index contributed by atoms with van der Waals surface area (Å²) in [5.74, 6) is -0.524. The Morgan fingerprint density at radius 2 is 1.95 bits per heavy atom. The van der Waals surface area contributed by atoms with Gasteiger partial charge in [0.15, 0.2) is 0 Å². The minimum atomic E-state index is -0.774. The molecule has 0 radical (unpaired) electrons. The molecular formula is C27H37Cl2N5O4. The van der Waals surface area contributed by atoms with E-state index in [4.69, 9.17) is 27.9 Å². The second-order valence-electron chi connectivity index (χ2n) is 10.5. The fourth-order valence-electron chi connectivity index (χ4n) is 4.67. The zero-order chi connectivity index (χ0) is 28.2. The summed E-state index contributed by atoms with van der Waals surface area (Å²) in [5.41, 5.74) is 1.13. The molecule has 2 heterocycles. The van der Waals surface area contributed by atoms with Gasteiger partial charge < -0.3 is 20.3 Å². The second-order valence-corrected chi connectivity index (χ2v) is 11.3. The van der Waals surface area contributed by atoms with E-state index in [2.05, 4.69) is 22.1 Å². The van der Waals surface area contributed by atoms with Crippen molar-refractivity contribution in [3.63, 3.8) is 0 Å². The maximum atomic E-state index is 13.4. The van der Waals surface area contributed by atoms with Gasteiger partial charge in [0.2, 0.25) is 0 Å². The fraction of sp³-hybridized carbons (Fsp3) is 0.519. The van der Waals surface area contributed by atoms with Crippen LogP contribution in [0.1, 0.15) is 46.2 Å². The van der Waals surface area contributed by atoms with Crippen LogP contribution in [0.3, 0.4) is 0 Å². The van der Waals surface area contributed by atoms with Gasteiger partial charge in [-0.05, 0) is 52.3 Å². The minimum Gasteiger partial charge on any atom is -0.463 e. The summed E-state index contributed by atoms with van der Waals surface area (Å²) in [5, 5.41) is 6.63. The van der Waals surface area contributed by atoms with Gasteiger partial charge in [-0.25, -0.2) is 14.4 Å². The molecule has 11 heteroatoms. The Kier molecular flexibility index (Phi) is 9.73. The van der Waals surface area contributed by atoms with Gasteiger partial charge in [-0.1, -0.05) is 35.3 Å². The van der Waals surface area contributed by atoms with Crippen molar-refractivity contribution in [2.24, 2.45) is 0 Å². The van der Waals surface area contributed by atoms with Gasteiger partial charge in [0.1, 0.15) is 0 Å². The van der Waals surface area contributed by atoms with Gasteiger partial charge in [-0.3, -0.25) is 9.80 Å². The van der Waals surface area contributed by atoms with Crippen molar-refractivity contribution < 1.29 is 19.1 Å². The third-order valence-corrected chi connectivity index (χ3v) is 7.09. The summed E-state index contributed by atoms with van der Waals surface area (Å²) in [6.07, 6.45) is 1.61. The van der Waals surface area contributed by atoms with Crippen molar-refractivity contribution in [3.8, 4) is 0 Å². The van der Waals surface area contributed by atoms with Crippen molar-refractivity contribution in [1.82, 2.24) is 25.3 Å². The zero-order valence-corrected chi connectivity index (χ0v) is 24.2. The number of amides is 4. The molecule has 1 saturated heterocycles. The zero-order valence-electron chi connectivity index (χ0n) is 22.6. The summed E-state index contributed by atoms with van der Waals surface area (Å²) < 4.78 is 5.44. The number of urea groups is 2. The molecule has 1 aromatic rings. The van der Waals surface area contributed by atoms with Gasteiger partial charge in [0.25, 0.3) is 0 Å². The average molecular weight is 567 g/mol. The van der Waals surface area contributed by atoms with E-state index < -0.39 is 12.0 Å². The van der Waals surface area contributed by atoms with Crippen molar-refractivity contribution in [2.75, 3.05) is 39.3 Å². The molecule has 4 amide bonds. The van der Waals surface area contributed by atoms with E-state index in [1.54, 1.807) is 31.2 Å². The third kappa shape index (κ3) is 7.01. The molecule has 0 unspecified atom stereocenters. The monoisotopic (exact) mass is 565 g/mol. The SMILES string of the molecule is C=CCN1C(=O)N[C@@H](c2ccc(Cl)c(Cl)c2)C(C(=O)OCC)=C1CN1CCN(C(=O)NC(C)(C)C)[C@H](C)C1. The van der Waals surface area contributed by atoms with E-state index >= 15 is 0 Å². The van der Waals surface area contributed by atoms with Crippen molar-refractivity contribution in [1.29, 1.82) is 0 Å². The van der Waals surface area contributed by atoms with Crippen LogP contribution in [-0.4, -0.2) is 83.6 Å². The fourth-order valence-corrected chi connectivity index (χ4v) is 4.98. The number of hydrogen-bond acceptors (Lipinski definition) is 5. The van der Waals surface area contributed by atoms with Gasteiger partial charge in [0.05, 0.1) is 28.3 Å². The number of carbonyl (C=O) groups is 3. The average Bonchev–Trinajstić information content (AvgIpc) is 2.82. The predicted molar refractivity (Wildman–Crippen MR) is 149 cm³/mol. The van der Waals surface area contributed by atoms with Gasteiger partial charge in [-0.15, -0.1) is 6.58 Å². The number of ether oxygens (including phenoxy) is 1. The molecule has 0 aromatic heterocycles. The van der Waals surface area contributed by atoms with Crippen molar-refractivity contribution in [2.45, 2.75) is 52.2 Å². The lowest BCUT2D eigenvalue weighted by molar-refractivity contribution is -0.139. The Morgan fingerprint density at radius 3 is 2.53 bits per heavy atom. The summed E-state index contributed by atoms with van der Waals surface area (Å²) in [7, 11) is 0. The van der Waals surface area contributed by atoms with E-state index in [0.717, 1.165) is 0 Å². The first-order valence-corrected chi connectivity index (χ1v) is 13.5. The Hall–Kier alpha value is -2.75. The number of carbonyl (C=O) groups excluding carboxylic acids is 3. The molecule has 0 aliphatic carbocycles. The summed E-state index contributed by atoms with van der Waals surface area (Å²) in [4.78, 5) is 44.9. The molecule has 2 atom stereocenters. The number of nitrogens with one attached hydrogen (secondary N) is 2. The third-order valence-electron chi connectivity index (χ3n) is 6.35. The van der Waals surface area contributed by atoms with Crippen LogP contribution < -0.4 is 10.6 Å². The smallest absolute Gasteiger partial charge is 0.338 e. The molecule has 1 aromatic carbocycles. The topological polar surface area (TPSA) is 94.2 Å². The Morgan fingerprint density at radius 1 is 1.24 bits per heavy atom. The highest BCUT2D eigenvalue weighted by molar-refractivity contribution is 6.42. The van der Waals surface area contributed by atoms with Crippen LogP contribution in [0.25, 0.3) is 0 Å². The number of hydrogen-bond donors (Lipinski definition) is 2. The van der Waals surface area contributed by atoms with Gasteiger partial charge in [-0.2, -0.15) is 0 Å². The number of benzene rings is 1. The number of rotatable bonds is 7. The Bertz CT molecular complexity index is 1120. The molecule has 2 N–H and O–H groups in total. The van der Waals surface area contributed by atoms with Crippen LogP contribution in [0.15, 0.2) is 42.1 Å². The summed E-state index contributed by atoms with van der Waals surface area (Å²) >= 11 is 12.4. The van der Waals surface area contributed by atoms with Crippen molar-refractivity contribution >= 4 is 41.2 Å². The van der Waals surface area contributed by atoms with Gasteiger partial charge >= 0.3 is 18.0 Å². The Labute approximate surface area is 234 Å². The van der Waals surface area contributed by atoms with Crippen LogP contribution >= 0.6 is 23.2 Å². The number of nitrogens with zero attached hydrogens (tertiary/aromatic N) is 3. The Balaban J connectivity index is 1.98. The molecule has 2 aliphatic rings. The lowest BCUT2D eigenvalue weighted by Crippen LogP contribution is -2.59. The molecule has 3 rings (SSSR count). The highest BCUT2D eigenvalue weighted by atomic mass is 35.5. The number of piperazine rings is 1. The van der Waals surface area contributed by atoms with E-state index in [-0.39, 0.29) is 36.8 Å². The first-order chi connectivity index (χ1) is 17.9. The largest absolute Gasteiger partial charge is 0.463 e. The summed E-state index contributed by atoms with van der Waals surface area (Å²) in [6, 6.07) is 3.68. The lowest BCUT2D eigenvalue weighted by atomic mass is 9.94. The summed E-state index contributed by atoms with van der Waals surface area (Å²) in [6.45, 7) is 15.7. The maximum Gasteiger partial charge on any atom is 0.338 e. The predicted octanol–water partition coefficient (Wildman–Crippen LogP) is 4.58. The highest BCUT2D eigenvalue weighted by Crippen LogP contribution is 2.35. The molecule has 38 heavy (non-hydrogen) atoms. The maximum absolute atomic E-state index is 13.4. The van der Waals surface area contributed by atoms with Gasteiger partial charge in [0, 0.05) is 50.0 Å². The molecule has 2 aliphatic heterocycles. The quantitative estimate of drug-likeness (QED) is 0.373. The van der Waals surface area contributed by atoms with E-state index in [0.29, 0.717) is 53.1 Å². The normalized spacial score (nSPS) is 20.8.